The van der Waals surface area contributed by atoms with Crippen LogP contribution in [-0.4, -0.2) is 81.0 Å². The molecule has 8 nitrogen and oxygen atoms in total. The van der Waals surface area contributed by atoms with E-state index in [4.69, 9.17) is 9.72 Å². The summed E-state index contributed by atoms with van der Waals surface area (Å²) in [5.74, 6) is -0.204. The van der Waals surface area contributed by atoms with Crippen molar-refractivity contribution in [2.45, 2.75) is 37.4 Å². The average Bonchev–Trinajstić information content (AvgIpc) is 3.23. The Morgan fingerprint density at radius 2 is 1.78 bits per heavy atom. The number of thiazole rings is 1. The van der Waals surface area contributed by atoms with Gasteiger partial charge >= 0.3 is 0 Å². The summed E-state index contributed by atoms with van der Waals surface area (Å²) in [6, 6.07) is 12.1. The van der Waals surface area contributed by atoms with Crippen LogP contribution in [0.5, 0.6) is 0 Å². The Labute approximate surface area is 225 Å². The molecule has 0 radical (unpaired) electrons. The molecule has 36 heavy (non-hydrogen) atoms. The molecule has 1 aromatic heterocycles. The van der Waals surface area contributed by atoms with Gasteiger partial charge in [0.15, 0.2) is 5.13 Å². The van der Waals surface area contributed by atoms with Crippen molar-refractivity contribution < 1.29 is 17.9 Å². The molecule has 0 saturated carbocycles. The quantitative estimate of drug-likeness (QED) is 0.383. The molecule has 4 rings (SSSR count). The lowest BCUT2D eigenvalue weighted by atomic mass is 10.2. The maximum atomic E-state index is 13.6. The summed E-state index contributed by atoms with van der Waals surface area (Å²) in [4.78, 5) is 22.2. The van der Waals surface area contributed by atoms with E-state index in [1.807, 2.05) is 46.1 Å². The first-order valence-corrected chi connectivity index (χ1v) is 14.9. The van der Waals surface area contributed by atoms with E-state index in [1.165, 1.54) is 27.8 Å². The van der Waals surface area contributed by atoms with Gasteiger partial charge in [0.25, 0.3) is 5.91 Å². The van der Waals surface area contributed by atoms with Crippen LogP contribution in [0.1, 0.15) is 30.6 Å². The van der Waals surface area contributed by atoms with E-state index >= 15 is 0 Å². The fourth-order valence-corrected chi connectivity index (χ4v) is 7.36. The molecule has 2 unspecified atom stereocenters. The van der Waals surface area contributed by atoms with E-state index < -0.39 is 10.0 Å². The number of benzene rings is 2. The number of nitrogens with zero attached hydrogens (tertiary/aromatic N) is 4. The lowest BCUT2D eigenvalue weighted by Gasteiger charge is -2.34. The number of carbonyl (C=O) groups excluding carboxylic acids is 1. The average molecular weight is 596 g/mol. The highest BCUT2D eigenvalue weighted by Gasteiger charge is 2.32. The first-order valence-electron chi connectivity index (χ1n) is 11.8. The van der Waals surface area contributed by atoms with Crippen molar-refractivity contribution in [1.82, 2.24) is 14.2 Å². The third-order valence-corrected chi connectivity index (χ3v) is 9.31. The van der Waals surface area contributed by atoms with Crippen molar-refractivity contribution in [2.24, 2.45) is 0 Å². The molecule has 3 aromatic rings. The van der Waals surface area contributed by atoms with Crippen LogP contribution >= 0.6 is 27.3 Å². The van der Waals surface area contributed by atoms with Crippen LogP contribution in [0, 0.1) is 0 Å². The fourth-order valence-electron chi connectivity index (χ4n) is 4.23. The molecule has 2 atom stereocenters. The fraction of sp³-hybridized carbons (Fsp3) is 0.440. The number of amides is 1. The molecular formula is C25H31BrN4O4S2. The van der Waals surface area contributed by atoms with Crippen LogP contribution < -0.4 is 4.90 Å². The summed E-state index contributed by atoms with van der Waals surface area (Å²) in [6.45, 7) is 5.67. The van der Waals surface area contributed by atoms with Gasteiger partial charge in [-0.1, -0.05) is 27.3 Å². The minimum absolute atomic E-state index is 0.171. The van der Waals surface area contributed by atoms with Crippen LogP contribution in [0.3, 0.4) is 0 Å². The topological polar surface area (TPSA) is 83.1 Å². The van der Waals surface area contributed by atoms with Crippen molar-refractivity contribution >= 4 is 58.5 Å². The number of rotatable bonds is 8. The lowest BCUT2D eigenvalue weighted by molar-refractivity contribution is -0.0440. The van der Waals surface area contributed by atoms with E-state index in [9.17, 15) is 13.2 Å². The third-order valence-electron chi connectivity index (χ3n) is 5.93. The second-order valence-electron chi connectivity index (χ2n) is 9.33. The van der Waals surface area contributed by atoms with Gasteiger partial charge in [0.2, 0.25) is 10.0 Å². The summed E-state index contributed by atoms with van der Waals surface area (Å²) in [5, 5.41) is 0.625. The predicted octanol–water partition coefficient (Wildman–Crippen LogP) is 4.46. The largest absolute Gasteiger partial charge is 0.373 e. The molecule has 0 spiro atoms. The van der Waals surface area contributed by atoms with E-state index in [-0.39, 0.29) is 23.0 Å². The second-order valence-corrected chi connectivity index (χ2v) is 13.2. The molecule has 0 bridgehead atoms. The summed E-state index contributed by atoms with van der Waals surface area (Å²) >= 11 is 4.96. The molecule has 11 heteroatoms. The van der Waals surface area contributed by atoms with Crippen molar-refractivity contribution in [3.05, 3.63) is 52.5 Å². The molecule has 1 aliphatic heterocycles. The van der Waals surface area contributed by atoms with Crippen LogP contribution in [0.15, 0.2) is 51.8 Å². The van der Waals surface area contributed by atoms with Gasteiger partial charge in [-0.3, -0.25) is 9.69 Å². The molecule has 0 N–H and O–H groups in total. The number of hydrogen-bond acceptors (Lipinski definition) is 7. The van der Waals surface area contributed by atoms with Crippen LogP contribution in [0.4, 0.5) is 5.13 Å². The molecule has 1 saturated heterocycles. The summed E-state index contributed by atoms with van der Waals surface area (Å²) < 4.78 is 35.5. The van der Waals surface area contributed by atoms with Crippen molar-refractivity contribution in [3.8, 4) is 0 Å². The summed E-state index contributed by atoms with van der Waals surface area (Å²) in [5.41, 5.74) is 1.25. The number of ether oxygens (including phenoxy) is 1. The first kappa shape index (κ1) is 27.2. The van der Waals surface area contributed by atoms with Crippen LogP contribution in [-0.2, 0) is 14.8 Å². The number of sulfonamides is 1. The maximum absolute atomic E-state index is 13.6. The van der Waals surface area contributed by atoms with Crippen molar-refractivity contribution in [2.75, 3.05) is 45.2 Å². The van der Waals surface area contributed by atoms with Gasteiger partial charge in [-0.15, -0.1) is 0 Å². The second kappa shape index (κ2) is 11.2. The molecule has 2 heterocycles. The minimum Gasteiger partial charge on any atom is -0.373 e. The maximum Gasteiger partial charge on any atom is 0.260 e. The molecular weight excluding hydrogens is 564 g/mol. The van der Waals surface area contributed by atoms with Crippen molar-refractivity contribution in [3.63, 3.8) is 0 Å². The number of halogens is 1. The summed E-state index contributed by atoms with van der Waals surface area (Å²) in [6.07, 6.45) is 0.433. The number of fused-ring (bicyclic) bond motifs is 1. The highest BCUT2D eigenvalue weighted by molar-refractivity contribution is 9.10. The monoisotopic (exact) mass is 594 g/mol. The van der Waals surface area contributed by atoms with Crippen LogP contribution in [0.2, 0.25) is 0 Å². The Balaban J connectivity index is 1.59. The molecule has 2 aromatic carbocycles. The van der Waals surface area contributed by atoms with Crippen LogP contribution in [0.25, 0.3) is 10.2 Å². The lowest BCUT2D eigenvalue weighted by Crippen LogP contribution is -2.48. The van der Waals surface area contributed by atoms with E-state index in [0.717, 1.165) is 27.7 Å². The van der Waals surface area contributed by atoms with Gasteiger partial charge in [0, 0.05) is 29.7 Å². The molecule has 1 amide bonds. The standard InChI is InChI=1S/C25H31BrN4O4S2/c1-17-15-29(16-18(2)34-17)36(32,33)21-9-6-19(7-10-21)24(31)30(13-5-12-28(3)4)25-27-22-11-8-20(26)14-23(22)35-25/h6-11,14,17-18H,5,12-13,15-16H2,1-4H3. The van der Waals surface area contributed by atoms with Gasteiger partial charge in [-0.05, 0) is 83.4 Å². The Bertz CT molecular complexity index is 1320. The summed E-state index contributed by atoms with van der Waals surface area (Å²) in [7, 11) is 0.313. The first-order chi connectivity index (χ1) is 17.0. The normalized spacial score (nSPS) is 19.2. The Kier molecular flexibility index (Phi) is 8.48. The molecule has 0 aliphatic carbocycles. The zero-order valence-electron chi connectivity index (χ0n) is 20.8. The van der Waals surface area contributed by atoms with Gasteiger partial charge in [-0.2, -0.15) is 4.31 Å². The zero-order chi connectivity index (χ0) is 26.0. The van der Waals surface area contributed by atoms with Crippen molar-refractivity contribution in [1.29, 1.82) is 0 Å². The number of aromatic nitrogens is 1. The minimum atomic E-state index is -3.68. The third kappa shape index (κ3) is 6.15. The highest BCUT2D eigenvalue weighted by Crippen LogP contribution is 2.32. The molecule has 1 fully saturated rings. The van der Waals surface area contributed by atoms with Gasteiger partial charge < -0.3 is 9.64 Å². The Hall–Kier alpha value is -1.89. The number of morpholine rings is 1. The molecule has 1 aliphatic rings. The number of carbonyl (C=O) groups is 1. The smallest absolute Gasteiger partial charge is 0.260 e. The predicted molar refractivity (Wildman–Crippen MR) is 147 cm³/mol. The number of anilines is 1. The highest BCUT2D eigenvalue weighted by atomic mass is 79.9. The zero-order valence-corrected chi connectivity index (χ0v) is 24.1. The van der Waals surface area contributed by atoms with E-state index in [0.29, 0.717) is 30.3 Å². The van der Waals surface area contributed by atoms with E-state index in [2.05, 4.69) is 20.8 Å². The van der Waals surface area contributed by atoms with Gasteiger partial charge in [0.1, 0.15) is 0 Å². The van der Waals surface area contributed by atoms with E-state index in [1.54, 1.807) is 17.0 Å². The van der Waals surface area contributed by atoms with Gasteiger partial charge in [-0.25, -0.2) is 13.4 Å². The number of hydrogen-bond donors (Lipinski definition) is 0. The Morgan fingerprint density at radius 1 is 1.11 bits per heavy atom. The SMILES string of the molecule is CC1CN(S(=O)(=O)c2ccc(C(=O)N(CCCN(C)C)c3nc4ccc(Br)cc4s3)cc2)CC(C)O1. The Morgan fingerprint density at radius 3 is 2.42 bits per heavy atom. The van der Waals surface area contributed by atoms with Gasteiger partial charge in [0.05, 0.1) is 27.3 Å². The molecule has 194 valence electrons.